The molecule has 1 aromatic carbocycles. The molecule has 0 aliphatic carbocycles. The molecule has 1 atom stereocenters. The van der Waals surface area contributed by atoms with Crippen LogP contribution in [0.3, 0.4) is 0 Å². The lowest BCUT2D eigenvalue weighted by Gasteiger charge is -2.14. The van der Waals surface area contributed by atoms with Gasteiger partial charge in [0.2, 0.25) is 0 Å². The number of benzene rings is 1. The summed E-state index contributed by atoms with van der Waals surface area (Å²) in [7, 11) is 3.28. The second-order valence-electron chi connectivity index (χ2n) is 5.09. The molecule has 0 spiro atoms. The van der Waals surface area contributed by atoms with Crippen LogP contribution in [0.25, 0.3) is 0 Å². The van der Waals surface area contributed by atoms with Gasteiger partial charge in [-0.3, -0.25) is 9.59 Å². The third-order valence-electron chi connectivity index (χ3n) is 3.06. The van der Waals surface area contributed by atoms with E-state index in [0.29, 0.717) is 42.5 Å². The fraction of sp³-hybridized carbons (Fsp3) is 0.467. The van der Waals surface area contributed by atoms with Gasteiger partial charge in [-0.25, -0.2) is 0 Å². The summed E-state index contributed by atoms with van der Waals surface area (Å²) in [5.74, 6) is -0.320. The fourth-order valence-corrected chi connectivity index (χ4v) is 2.28. The largest absolute Gasteiger partial charge is 0.469 e. The van der Waals surface area contributed by atoms with Crippen molar-refractivity contribution in [3.63, 3.8) is 0 Å². The SMILES string of the molecule is COC(=O)CCCNC(=O)C[NH+](C)Cc1ccc(Cl)c(Cl)c1. The van der Waals surface area contributed by atoms with Gasteiger partial charge in [-0.2, -0.15) is 0 Å². The molecule has 2 N–H and O–H groups in total. The first-order valence-corrected chi connectivity index (χ1v) is 7.76. The van der Waals surface area contributed by atoms with Crippen molar-refractivity contribution in [2.45, 2.75) is 19.4 Å². The van der Waals surface area contributed by atoms with E-state index in [9.17, 15) is 9.59 Å². The van der Waals surface area contributed by atoms with E-state index in [1.165, 1.54) is 7.11 Å². The van der Waals surface area contributed by atoms with Gasteiger partial charge in [0, 0.05) is 18.5 Å². The molecular weight excluding hydrogens is 327 g/mol. The number of ether oxygens (including phenoxy) is 1. The van der Waals surface area contributed by atoms with E-state index >= 15 is 0 Å². The van der Waals surface area contributed by atoms with Gasteiger partial charge in [-0.15, -0.1) is 0 Å². The molecule has 1 unspecified atom stereocenters. The molecule has 7 heteroatoms. The summed E-state index contributed by atoms with van der Waals surface area (Å²) in [5, 5.41) is 3.82. The molecule has 0 aliphatic heterocycles. The van der Waals surface area contributed by atoms with Crippen molar-refractivity contribution >= 4 is 35.1 Å². The minimum absolute atomic E-state index is 0.0533. The van der Waals surface area contributed by atoms with E-state index in [1.807, 2.05) is 19.2 Å². The summed E-state index contributed by atoms with van der Waals surface area (Å²) in [5.41, 5.74) is 1.02. The number of esters is 1. The van der Waals surface area contributed by atoms with Crippen LogP contribution in [0.1, 0.15) is 18.4 Å². The Morgan fingerprint density at radius 1 is 1.27 bits per heavy atom. The van der Waals surface area contributed by atoms with Gasteiger partial charge in [0.25, 0.3) is 5.91 Å². The number of nitrogens with one attached hydrogen (secondary N) is 2. The molecule has 22 heavy (non-hydrogen) atoms. The highest BCUT2D eigenvalue weighted by molar-refractivity contribution is 6.42. The Morgan fingerprint density at radius 2 is 2.00 bits per heavy atom. The molecular formula is C15H21Cl2N2O3+. The average Bonchev–Trinajstić information content (AvgIpc) is 2.47. The predicted molar refractivity (Wildman–Crippen MR) is 86.2 cm³/mol. The van der Waals surface area contributed by atoms with Crippen LogP contribution in [-0.4, -0.2) is 39.1 Å². The lowest BCUT2D eigenvalue weighted by atomic mass is 10.2. The summed E-state index contributed by atoms with van der Waals surface area (Å²) < 4.78 is 4.53. The lowest BCUT2D eigenvalue weighted by molar-refractivity contribution is -0.885. The molecule has 0 fully saturated rings. The smallest absolute Gasteiger partial charge is 0.305 e. The van der Waals surface area contributed by atoms with Crippen LogP contribution < -0.4 is 10.2 Å². The quantitative estimate of drug-likeness (QED) is 0.546. The van der Waals surface area contributed by atoms with Gasteiger partial charge in [0.15, 0.2) is 6.54 Å². The molecule has 0 heterocycles. The Kier molecular flexibility index (Phi) is 8.24. The average molecular weight is 348 g/mol. The van der Waals surface area contributed by atoms with E-state index in [4.69, 9.17) is 23.2 Å². The summed E-state index contributed by atoms with van der Waals surface area (Å²) >= 11 is 11.8. The number of carbonyl (C=O) groups excluding carboxylic acids is 2. The zero-order valence-corrected chi connectivity index (χ0v) is 14.3. The maximum absolute atomic E-state index is 11.8. The van der Waals surface area contributed by atoms with Crippen LogP contribution in [-0.2, 0) is 20.9 Å². The highest BCUT2D eigenvalue weighted by Crippen LogP contribution is 2.22. The number of carbonyl (C=O) groups is 2. The molecule has 0 radical (unpaired) electrons. The van der Waals surface area contributed by atoms with E-state index in [0.717, 1.165) is 10.5 Å². The Morgan fingerprint density at radius 3 is 2.64 bits per heavy atom. The summed E-state index contributed by atoms with van der Waals surface area (Å²) in [6.07, 6.45) is 0.882. The number of hydrogen-bond acceptors (Lipinski definition) is 3. The lowest BCUT2D eigenvalue weighted by Crippen LogP contribution is -3.08. The van der Waals surface area contributed by atoms with Gasteiger partial charge in [0.05, 0.1) is 24.2 Å². The number of rotatable bonds is 8. The normalized spacial score (nSPS) is 11.8. The summed E-state index contributed by atoms with van der Waals surface area (Å²) in [4.78, 5) is 23.7. The molecule has 1 aromatic rings. The first-order valence-electron chi connectivity index (χ1n) is 7.01. The summed E-state index contributed by atoms with van der Waals surface area (Å²) in [6, 6.07) is 5.45. The minimum Gasteiger partial charge on any atom is -0.469 e. The van der Waals surface area contributed by atoms with E-state index in [-0.39, 0.29) is 11.9 Å². The van der Waals surface area contributed by atoms with Crippen LogP contribution >= 0.6 is 23.2 Å². The van der Waals surface area contributed by atoms with Gasteiger partial charge in [-0.05, 0) is 18.6 Å². The number of amides is 1. The second-order valence-corrected chi connectivity index (χ2v) is 5.90. The van der Waals surface area contributed by atoms with E-state index < -0.39 is 0 Å². The molecule has 0 aliphatic rings. The van der Waals surface area contributed by atoms with Gasteiger partial charge >= 0.3 is 5.97 Å². The van der Waals surface area contributed by atoms with Crippen molar-refractivity contribution in [3.8, 4) is 0 Å². The molecule has 1 rings (SSSR count). The standard InChI is InChI=1S/C15H20Cl2N2O3/c1-19(9-11-5-6-12(16)13(17)8-11)10-14(20)18-7-3-4-15(21)22-2/h5-6,8H,3-4,7,9-10H2,1-2H3,(H,18,20)/p+1. The van der Waals surface area contributed by atoms with Crippen LogP contribution in [0.4, 0.5) is 0 Å². The number of halogens is 2. The number of hydrogen-bond donors (Lipinski definition) is 2. The van der Waals surface area contributed by atoms with Crippen molar-refractivity contribution in [1.29, 1.82) is 0 Å². The van der Waals surface area contributed by atoms with Gasteiger partial charge in [0.1, 0.15) is 6.54 Å². The van der Waals surface area contributed by atoms with Crippen molar-refractivity contribution in [1.82, 2.24) is 5.32 Å². The number of quaternary nitrogens is 1. The Hall–Kier alpha value is -1.30. The van der Waals surface area contributed by atoms with Crippen molar-refractivity contribution in [2.24, 2.45) is 0 Å². The molecule has 0 bridgehead atoms. The number of methoxy groups -OCH3 is 1. The van der Waals surface area contributed by atoms with E-state index in [2.05, 4.69) is 10.1 Å². The minimum atomic E-state index is -0.267. The molecule has 0 saturated heterocycles. The van der Waals surface area contributed by atoms with Crippen LogP contribution in [0.2, 0.25) is 10.0 Å². The van der Waals surface area contributed by atoms with Gasteiger partial charge < -0.3 is 15.0 Å². The van der Waals surface area contributed by atoms with Crippen LogP contribution in [0.5, 0.6) is 0 Å². The third-order valence-corrected chi connectivity index (χ3v) is 3.80. The van der Waals surface area contributed by atoms with Crippen LogP contribution in [0.15, 0.2) is 18.2 Å². The van der Waals surface area contributed by atoms with Crippen molar-refractivity contribution in [3.05, 3.63) is 33.8 Å². The number of likely N-dealkylation sites (N-methyl/N-ethyl adjacent to an activating group) is 1. The molecule has 0 saturated carbocycles. The van der Waals surface area contributed by atoms with Crippen molar-refractivity contribution in [2.75, 3.05) is 27.2 Å². The molecule has 1 amide bonds. The Labute approximate surface area is 140 Å². The molecule has 5 nitrogen and oxygen atoms in total. The molecule has 0 aromatic heterocycles. The first kappa shape index (κ1) is 18.7. The Balaban J connectivity index is 2.28. The predicted octanol–water partition coefficient (Wildman–Crippen LogP) is 1.08. The second kappa shape index (κ2) is 9.66. The van der Waals surface area contributed by atoms with Crippen molar-refractivity contribution < 1.29 is 19.2 Å². The zero-order chi connectivity index (χ0) is 16.5. The summed E-state index contributed by atoms with van der Waals surface area (Å²) in [6.45, 7) is 1.49. The van der Waals surface area contributed by atoms with E-state index in [1.54, 1.807) is 6.07 Å². The monoisotopic (exact) mass is 347 g/mol. The maximum atomic E-state index is 11.8. The highest BCUT2D eigenvalue weighted by atomic mass is 35.5. The Bertz CT molecular complexity index is 524. The van der Waals surface area contributed by atoms with Gasteiger partial charge in [-0.1, -0.05) is 29.3 Å². The maximum Gasteiger partial charge on any atom is 0.305 e. The highest BCUT2D eigenvalue weighted by Gasteiger charge is 2.11. The topological polar surface area (TPSA) is 59.8 Å². The fourth-order valence-electron chi connectivity index (χ4n) is 1.96. The first-order chi connectivity index (χ1) is 10.4. The third kappa shape index (κ3) is 7.11. The van der Waals surface area contributed by atoms with Crippen LogP contribution in [0, 0.1) is 0 Å². The zero-order valence-electron chi connectivity index (χ0n) is 12.7. The molecule has 122 valence electrons.